The van der Waals surface area contributed by atoms with Crippen molar-refractivity contribution in [3.05, 3.63) is 17.0 Å². The lowest BCUT2D eigenvalue weighted by molar-refractivity contribution is -0.188. The third-order valence-corrected chi connectivity index (χ3v) is 3.86. The van der Waals surface area contributed by atoms with Gasteiger partial charge in [-0.15, -0.1) is 0 Å². The van der Waals surface area contributed by atoms with Gasteiger partial charge in [-0.25, -0.2) is 0 Å². The first-order chi connectivity index (χ1) is 9.85. The number of alkyl halides is 3. The number of aromatic nitrogens is 1. The summed E-state index contributed by atoms with van der Waals surface area (Å²) in [5.41, 5.74) is 1.87. The van der Waals surface area contributed by atoms with Crippen LogP contribution in [0.5, 0.6) is 0 Å². The average molecular weight is 306 g/mol. The number of halogens is 3. The molecule has 1 N–H and O–H groups in total. The van der Waals surface area contributed by atoms with Gasteiger partial charge in [0.2, 0.25) is 0 Å². The zero-order valence-electron chi connectivity index (χ0n) is 12.3. The van der Waals surface area contributed by atoms with E-state index in [-0.39, 0.29) is 12.1 Å². The van der Waals surface area contributed by atoms with Gasteiger partial charge in [-0.1, -0.05) is 5.16 Å². The first-order valence-corrected chi connectivity index (χ1v) is 7.18. The lowest BCUT2D eigenvalue weighted by Gasteiger charge is -2.30. The van der Waals surface area contributed by atoms with Gasteiger partial charge in [-0.2, -0.15) is 13.2 Å². The van der Waals surface area contributed by atoms with Crippen molar-refractivity contribution in [2.45, 2.75) is 64.4 Å². The second-order valence-electron chi connectivity index (χ2n) is 5.60. The smallest absolute Gasteiger partial charge is 0.369 e. The van der Waals surface area contributed by atoms with Gasteiger partial charge in [-0.3, -0.25) is 0 Å². The van der Waals surface area contributed by atoms with Gasteiger partial charge in [0.05, 0.1) is 11.8 Å². The number of ether oxygens (including phenoxy) is 1. The molecule has 1 fully saturated rings. The molecule has 21 heavy (non-hydrogen) atoms. The van der Waals surface area contributed by atoms with Crippen LogP contribution in [-0.2, 0) is 11.3 Å². The van der Waals surface area contributed by atoms with E-state index >= 15 is 0 Å². The van der Waals surface area contributed by atoms with Crippen molar-refractivity contribution >= 4 is 0 Å². The molecule has 1 aromatic heterocycles. The summed E-state index contributed by atoms with van der Waals surface area (Å²) in [4.78, 5) is 0. The highest BCUT2D eigenvalue weighted by atomic mass is 19.4. The maximum Gasteiger partial charge on any atom is 0.411 e. The summed E-state index contributed by atoms with van der Waals surface area (Å²) >= 11 is 0. The average Bonchev–Trinajstić information content (AvgIpc) is 2.73. The Hall–Kier alpha value is -1.08. The molecule has 0 amide bonds. The van der Waals surface area contributed by atoms with Gasteiger partial charge in [-0.05, 0) is 39.5 Å². The minimum atomic E-state index is -4.25. The Labute approximate surface area is 122 Å². The number of nitrogens with zero attached hydrogens (tertiary/aromatic N) is 1. The van der Waals surface area contributed by atoms with E-state index in [1.807, 2.05) is 13.8 Å². The molecular weight excluding hydrogens is 285 g/mol. The van der Waals surface area contributed by atoms with Gasteiger partial charge in [0.15, 0.2) is 0 Å². The number of aryl methyl sites for hydroxylation is 2. The fourth-order valence-corrected chi connectivity index (χ4v) is 2.69. The number of nitrogens with one attached hydrogen (secondary N) is 1. The summed E-state index contributed by atoms with van der Waals surface area (Å²) in [5, 5.41) is 7.26. The van der Waals surface area contributed by atoms with Crippen LogP contribution >= 0.6 is 0 Å². The third-order valence-electron chi connectivity index (χ3n) is 3.86. The predicted molar refractivity (Wildman–Crippen MR) is 70.9 cm³/mol. The molecule has 4 nitrogen and oxygen atoms in total. The molecule has 1 saturated carbocycles. The molecule has 1 aliphatic carbocycles. The van der Waals surface area contributed by atoms with E-state index in [2.05, 4.69) is 10.5 Å². The van der Waals surface area contributed by atoms with E-state index in [1.165, 1.54) is 0 Å². The molecule has 1 aromatic rings. The lowest BCUT2D eigenvalue weighted by Crippen LogP contribution is -2.38. The van der Waals surface area contributed by atoms with Crippen LogP contribution in [0, 0.1) is 13.8 Å². The Kier molecular flexibility index (Phi) is 5.27. The standard InChI is InChI=1S/C14H21F3N2O2/c1-9-13(10(2)21-19-9)7-18-11-4-3-5-12(6-11)20-8-14(15,16)17/h11-12,18H,3-8H2,1-2H3. The Morgan fingerprint density at radius 3 is 2.71 bits per heavy atom. The fourth-order valence-electron chi connectivity index (χ4n) is 2.69. The van der Waals surface area contributed by atoms with Crippen LogP contribution in [0.3, 0.4) is 0 Å². The molecular formula is C14H21F3N2O2. The Bertz CT molecular complexity index is 440. The number of rotatable bonds is 5. The first-order valence-electron chi connectivity index (χ1n) is 7.18. The van der Waals surface area contributed by atoms with Gasteiger partial charge >= 0.3 is 6.18 Å². The van der Waals surface area contributed by atoms with E-state index in [0.717, 1.165) is 29.9 Å². The molecule has 120 valence electrons. The number of hydrogen-bond acceptors (Lipinski definition) is 4. The topological polar surface area (TPSA) is 47.3 Å². The monoisotopic (exact) mass is 306 g/mol. The van der Waals surface area contributed by atoms with Crippen LogP contribution < -0.4 is 5.32 Å². The zero-order chi connectivity index (χ0) is 15.5. The molecule has 2 unspecified atom stereocenters. The summed E-state index contributed by atoms with van der Waals surface area (Å²) < 4.78 is 46.6. The molecule has 0 bridgehead atoms. The van der Waals surface area contributed by atoms with Crippen LogP contribution in [0.25, 0.3) is 0 Å². The Morgan fingerprint density at radius 1 is 1.33 bits per heavy atom. The van der Waals surface area contributed by atoms with Gasteiger partial charge < -0.3 is 14.6 Å². The summed E-state index contributed by atoms with van der Waals surface area (Å²) in [7, 11) is 0. The number of hydrogen-bond donors (Lipinski definition) is 1. The highest BCUT2D eigenvalue weighted by Gasteiger charge is 2.31. The largest absolute Gasteiger partial charge is 0.411 e. The molecule has 2 atom stereocenters. The highest BCUT2D eigenvalue weighted by molar-refractivity contribution is 5.20. The van der Waals surface area contributed by atoms with E-state index in [0.29, 0.717) is 19.4 Å². The van der Waals surface area contributed by atoms with E-state index < -0.39 is 12.8 Å². The second kappa shape index (κ2) is 6.79. The molecule has 1 heterocycles. The van der Waals surface area contributed by atoms with E-state index in [9.17, 15) is 13.2 Å². The van der Waals surface area contributed by atoms with Crippen LogP contribution in [0.1, 0.15) is 42.7 Å². The molecule has 0 spiro atoms. The lowest BCUT2D eigenvalue weighted by atomic mass is 9.92. The third kappa shape index (κ3) is 5.00. The maximum absolute atomic E-state index is 12.2. The summed E-state index contributed by atoms with van der Waals surface area (Å²) in [6.45, 7) is 3.20. The Balaban J connectivity index is 1.79. The zero-order valence-corrected chi connectivity index (χ0v) is 12.3. The first kappa shape index (κ1) is 16.3. The van der Waals surface area contributed by atoms with Crippen LogP contribution in [-0.4, -0.2) is 30.1 Å². The molecule has 1 aliphatic rings. The second-order valence-corrected chi connectivity index (χ2v) is 5.60. The molecule has 0 aliphatic heterocycles. The van der Waals surface area contributed by atoms with Crippen molar-refractivity contribution in [2.24, 2.45) is 0 Å². The van der Waals surface area contributed by atoms with Gasteiger partial charge in [0, 0.05) is 18.2 Å². The van der Waals surface area contributed by atoms with Crippen molar-refractivity contribution in [1.82, 2.24) is 10.5 Å². The molecule has 2 rings (SSSR count). The summed E-state index contributed by atoms with van der Waals surface area (Å²) in [5.74, 6) is 0.778. The van der Waals surface area contributed by atoms with Crippen LogP contribution in [0.2, 0.25) is 0 Å². The van der Waals surface area contributed by atoms with Crippen molar-refractivity contribution in [1.29, 1.82) is 0 Å². The van der Waals surface area contributed by atoms with Crippen LogP contribution in [0.15, 0.2) is 4.52 Å². The fraction of sp³-hybridized carbons (Fsp3) is 0.786. The van der Waals surface area contributed by atoms with Gasteiger partial charge in [0.25, 0.3) is 0 Å². The minimum Gasteiger partial charge on any atom is -0.369 e. The normalized spacial score (nSPS) is 23.5. The van der Waals surface area contributed by atoms with Crippen molar-refractivity contribution in [2.75, 3.05) is 6.61 Å². The minimum absolute atomic E-state index is 0.172. The molecule has 0 saturated heterocycles. The quantitative estimate of drug-likeness (QED) is 0.907. The van der Waals surface area contributed by atoms with Crippen LogP contribution in [0.4, 0.5) is 13.2 Å². The summed E-state index contributed by atoms with van der Waals surface area (Å²) in [6, 6.07) is 0.172. The van der Waals surface area contributed by atoms with Gasteiger partial charge in [0.1, 0.15) is 12.4 Å². The van der Waals surface area contributed by atoms with E-state index in [1.54, 1.807) is 0 Å². The highest BCUT2D eigenvalue weighted by Crippen LogP contribution is 2.24. The molecule has 0 aromatic carbocycles. The molecule has 7 heteroatoms. The van der Waals surface area contributed by atoms with E-state index in [4.69, 9.17) is 9.26 Å². The Morgan fingerprint density at radius 2 is 2.10 bits per heavy atom. The maximum atomic E-state index is 12.2. The summed E-state index contributed by atoms with van der Waals surface area (Å²) in [6.07, 6.45) is -1.44. The van der Waals surface area contributed by atoms with Crippen molar-refractivity contribution < 1.29 is 22.4 Å². The molecule has 0 radical (unpaired) electrons. The van der Waals surface area contributed by atoms with Crippen molar-refractivity contribution in [3.63, 3.8) is 0 Å². The van der Waals surface area contributed by atoms with Crippen molar-refractivity contribution in [3.8, 4) is 0 Å². The predicted octanol–water partition coefficient (Wildman–Crippen LogP) is 3.27. The SMILES string of the molecule is Cc1noc(C)c1CNC1CCCC(OCC(F)(F)F)C1.